The second-order valence-corrected chi connectivity index (χ2v) is 13.5. The number of carbonyl (C=O) groups is 2. The number of hydrogen-bond acceptors (Lipinski definition) is 4. The van der Waals surface area contributed by atoms with Crippen LogP contribution in [0, 0.1) is 6.92 Å². The third-order valence-electron chi connectivity index (χ3n) is 6.96. The van der Waals surface area contributed by atoms with Gasteiger partial charge in [0.2, 0.25) is 11.8 Å². The summed E-state index contributed by atoms with van der Waals surface area (Å²) in [4.78, 5) is 29.6. The first kappa shape index (κ1) is 33.1. The molecule has 0 aliphatic carbocycles. The topological polar surface area (TPSA) is 86.8 Å². The molecule has 0 saturated heterocycles. The zero-order valence-corrected chi connectivity index (χ0v) is 27.1. The SMILES string of the molecule is Cc1ccc(S(=O)(=O)N(CC(=O)N(Cc2ccccc2)[C@@H](Cc2ccccc2)C(=O)NC(C)C)c2cc(Cl)ccc2Cl)cc1. The Hall–Kier alpha value is -3.85. The third-order valence-corrected chi connectivity index (χ3v) is 9.29. The molecule has 0 heterocycles. The molecule has 0 fully saturated rings. The van der Waals surface area contributed by atoms with Gasteiger partial charge in [-0.1, -0.05) is 102 Å². The number of sulfonamides is 1. The minimum absolute atomic E-state index is 0.0139. The average molecular weight is 653 g/mol. The second-order valence-electron chi connectivity index (χ2n) is 10.8. The summed E-state index contributed by atoms with van der Waals surface area (Å²) in [5.74, 6) is -0.928. The van der Waals surface area contributed by atoms with Crippen LogP contribution in [0.4, 0.5) is 5.69 Å². The molecule has 2 amide bonds. The smallest absolute Gasteiger partial charge is 0.264 e. The van der Waals surface area contributed by atoms with Crippen molar-refractivity contribution in [3.8, 4) is 0 Å². The monoisotopic (exact) mass is 651 g/mol. The van der Waals surface area contributed by atoms with Crippen molar-refractivity contribution >= 4 is 50.7 Å². The maximum absolute atomic E-state index is 14.4. The van der Waals surface area contributed by atoms with Crippen molar-refractivity contribution in [1.29, 1.82) is 0 Å². The molecular formula is C34H35Cl2N3O4S. The number of nitrogens with one attached hydrogen (secondary N) is 1. The van der Waals surface area contributed by atoms with Crippen molar-refractivity contribution in [1.82, 2.24) is 10.2 Å². The fourth-order valence-corrected chi connectivity index (χ4v) is 6.60. The molecule has 0 aliphatic heterocycles. The molecule has 0 saturated carbocycles. The molecule has 7 nitrogen and oxygen atoms in total. The largest absolute Gasteiger partial charge is 0.352 e. The highest BCUT2D eigenvalue weighted by Gasteiger charge is 2.35. The Morgan fingerprint density at radius 3 is 2.00 bits per heavy atom. The van der Waals surface area contributed by atoms with E-state index in [-0.39, 0.29) is 45.5 Å². The van der Waals surface area contributed by atoms with Gasteiger partial charge in [0, 0.05) is 24.0 Å². The molecule has 0 aliphatic rings. The maximum Gasteiger partial charge on any atom is 0.264 e. The molecule has 44 heavy (non-hydrogen) atoms. The molecule has 4 aromatic carbocycles. The third kappa shape index (κ3) is 8.40. The van der Waals surface area contributed by atoms with Crippen molar-refractivity contribution in [2.45, 2.75) is 50.7 Å². The molecule has 10 heteroatoms. The van der Waals surface area contributed by atoms with Gasteiger partial charge in [-0.15, -0.1) is 0 Å². The van der Waals surface area contributed by atoms with Crippen LogP contribution in [0.5, 0.6) is 0 Å². The van der Waals surface area contributed by atoms with Crippen LogP contribution < -0.4 is 9.62 Å². The van der Waals surface area contributed by atoms with Crippen molar-refractivity contribution < 1.29 is 18.0 Å². The number of rotatable bonds is 12. The highest BCUT2D eigenvalue weighted by Crippen LogP contribution is 2.33. The van der Waals surface area contributed by atoms with Crippen molar-refractivity contribution in [2.24, 2.45) is 0 Å². The summed E-state index contributed by atoms with van der Waals surface area (Å²) in [6.45, 7) is 4.99. The van der Waals surface area contributed by atoms with E-state index in [0.717, 1.165) is 21.0 Å². The van der Waals surface area contributed by atoms with E-state index in [1.54, 1.807) is 18.2 Å². The van der Waals surface area contributed by atoms with Gasteiger partial charge in [0.15, 0.2) is 0 Å². The van der Waals surface area contributed by atoms with Gasteiger partial charge in [-0.2, -0.15) is 0 Å². The van der Waals surface area contributed by atoms with Crippen LogP contribution in [-0.2, 0) is 32.6 Å². The summed E-state index contributed by atoms with van der Waals surface area (Å²) in [7, 11) is -4.29. The van der Waals surface area contributed by atoms with E-state index >= 15 is 0 Å². The normalized spacial score (nSPS) is 12.0. The van der Waals surface area contributed by atoms with Gasteiger partial charge in [0.05, 0.1) is 15.6 Å². The Morgan fingerprint density at radius 2 is 1.41 bits per heavy atom. The lowest BCUT2D eigenvalue weighted by Crippen LogP contribution is -2.54. The van der Waals surface area contributed by atoms with Crippen molar-refractivity contribution in [3.05, 3.63) is 130 Å². The van der Waals surface area contributed by atoms with Gasteiger partial charge < -0.3 is 10.2 Å². The van der Waals surface area contributed by atoms with E-state index in [1.165, 1.54) is 29.2 Å². The van der Waals surface area contributed by atoms with Gasteiger partial charge in [-0.05, 0) is 62.2 Å². The summed E-state index contributed by atoms with van der Waals surface area (Å²) < 4.78 is 29.2. The maximum atomic E-state index is 14.4. The predicted molar refractivity (Wildman–Crippen MR) is 176 cm³/mol. The number of carbonyl (C=O) groups excluding carboxylic acids is 2. The zero-order chi connectivity index (χ0) is 31.9. The van der Waals surface area contributed by atoms with Gasteiger partial charge in [0.1, 0.15) is 12.6 Å². The molecule has 4 aromatic rings. The average Bonchev–Trinajstić information content (AvgIpc) is 2.99. The molecule has 4 rings (SSSR count). The zero-order valence-electron chi connectivity index (χ0n) is 24.8. The van der Waals surface area contributed by atoms with Gasteiger partial charge in [-0.25, -0.2) is 8.42 Å². The molecule has 0 spiro atoms. The van der Waals surface area contributed by atoms with Crippen molar-refractivity contribution in [3.63, 3.8) is 0 Å². The lowest BCUT2D eigenvalue weighted by atomic mass is 10.0. The Bertz CT molecular complexity index is 1680. The Kier molecular flexibility index (Phi) is 11.1. The second kappa shape index (κ2) is 14.8. The van der Waals surface area contributed by atoms with Gasteiger partial charge >= 0.3 is 0 Å². The summed E-state index contributed by atoms with van der Waals surface area (Å²) in [6, 6.07) is 28.3. The number of hydrogen-bond donors (Lipinski definition) is 1. The highest BCUT2D eigenvalue weighted by atomic mass is 35.5. The van der Waals surface area contributed by atoms with Crippen LogP contribution in [0.25, 0.3) is 0 Å². The minimum atomic E-state index is -4.29. The Labute approximate surface area is 269 Å². The Balaban J connectivity index is 1.82. The van der Waals surface area contributed by atoms with Crippen LogP contribution in [0.2, 0.25) is 10.0 Å². The quantitative estimate of drug-likeness (QED) is 0.186. The van der Waals surface area contributed by atoms with Gasteiger partial charge in [-0.3, -0.25) is 13.9 Å². The van der Waals surface area contributed by atoms with E-state index in [0.29, 0.717) is 0 Å². The summed E-state index contributed by atoms with van der Waals surface area (Å²) >= 11 is 12.8. The minimum Gasteiger partial charge on any atom is -0.352 e. The van der Waals surface area contributed by atoms with E-state index in [2.05, 4.69) is 5.32 Å². The van der Waals surface area contributed by atoms with Gasteiger partial charge in [0.25, 0.3) is 10.0 Å². The lowest BCUT2D eigenvalue weighted by Gasteiger charge is -2.34. The molecule has 0 bridgehead atoms. The van der Waals surface area contributed by atoms with E-state index in [9.17, 15) is 18.0 Å². The number of benzene rings is 4. The first-order valence-corrected chi connectivity index (χ1v) is 16.4. The highest BCUT2D eigenvalue weighted by molar-refractivity contribution is 7.92. The molecule has 0 unspecified atom stereocenters. The standard InChI is InChI=1S/C34H35Cl2N3O4S/c1-24(2)37-34(41)32(20-26-10-6-4-7-11-26)38(22-27-12-8-5-9-13-27)33(40)23-39(31-21-28(35)16-19-30(31)36)44(42,43)29-17-14-25(3)15-18-29/h4-19,21,24,32H,20,22-23H2,1-3H3,(H,37,41)/t32-/m0/s1. The molecule has 230 valence electrons. The molecule has 0 radical (unpaired) electrons. The van der Waals surface area contributed by atoms with E-state index in [4.69, 9.17) is 23.2 Å². The molecule has 1 N–H and O–H groups in total. The van der Waals surface area contributed by atoms with E-state index < -0.39 is 28.5 Å². The fourth-order valence-electron chi connectivity index (χ4n) is 4.74. The number of anilines is 1. The fraction of sp³-hybridized carbons (Fsp3) is 0.235. The number of aryl methyl sites for hydroxylation is 1. The molecule has 0 aromatic heterocycles. The van der Waals surface area contributed by atoms with E-state index in [1.807, 2.05) is 81.4 Å². The van der Waals surface area contributed by atoms with Crippen molar-refractivity contribution in [2.75, 3.05) is 10.8 Å². The van der Waals surface area contributed by atoms with Crippen LogP contribution in [0.3, 0.4) is 0 Å². The molecular weight excluding hydrogens is 617 g/mol. The first-order valence-electron chi connectivity index (χ1n) is 14.2. The van der Waals surface area contributed by atoms with Crippen LogP contribution in [0.1, 0.15) is 30.5 Å². The summed E-state index contributed by atoms with van der Waals surface area (Å²) in [5, 5.41) is 3.30. The first-order chi connectivity index (χ1) is 21.0. The Morgan fingerprint density at radius 1 is 0.818 bits per heavy atom. The van der Waals surface area contributed by atoms with Crippen LogP contribution in [0.15, 0.2) is 108 Å². The summed E-state index contributed by atoms with van der Waals surface area (Å²) in [5.41, 5.74) is 2.56. The van der Waals surface area contributed by atoms with Crippen LogP contribution in [-0.4, -0.2) is 43.8 Å². The number of halogens is 2. The lowest BCUT2D eigenvalue weighted by molar-refractivity contribution is -0.140. The number of nitrogens with zero attached hydrogens (tertiary/aromatic N) is 2. The molecule has 1 atom stereocenters. The summed E-state index contributed by atoms with van der Waals surface area (Å²) in [6.07, 6.45) is 0.223. The number of amides is 2. The predicted octanol–water partition coefficient (Wildman–Crippen LogP) is 6.66. The van der Waals surface area contributed by atoms with Crippen LogP contribution >= 0.6 is 23.2 Å².